The molecule has 0 radical (unpaired) electrons. The number of hydrogen-bond acceptors (Lipinski definition) is 5. The molecule has 0 aliphatic heterocycles. The molecule has 0 unspecified atom stereocenters. The molecule has 0 aliphatic carbocycles. The van der Waals surface area contributed by atoms with Crippen LogP contribution >= 0.6 is 0 Å². The second kappa shape index (κ2) is 6.68. The number of rotatable bonds is 6. The van der Waals surface area contributed by atoms with Gasteiger partial charge in [0.25, 0.3) is 0 Å². The lowest BCUT2D eigenvalue weighted by Gasteiger charge is -2.14. The molecule has 0 amide bonds. The van der Waals surface area contributed by atoms with Gasteiger partial charge in [-0.25, -0.2) is 13.4 Å². The Balaban J connectivity index is 1.85. The SMILES string of the molecule is CCS(=O)(=O)c1ccc2nc(N(C)CC(=O)c3ccccc3)[nH]c2c1. The number of nitrogens with zero attached hydrogens (tertiary/aromatic N) is 2. The van der Waals surface area contributed by atoms with Gasteiger partial charge in [0.05, 0.1) is 28.2 Å². The molecule has 0 saturated carbocycles. The van der Waals surface area contributed by atoms with Crippen LogP contribution in [0.1, 0.15) is 17.3 Å². The number of benzene rings is 2. The monoisotopic (exact) mass is 357 g/mol. The summed E-state index contributed by atoms with van der Waals surface area (Å²) >= 11 is 0. The van der Waals surface area contributed by atoms with Crippen molar-refractivity contribution >= 4 is 32.6 Å². The number of nitrogens with one attached hydrogen (secondary N) is 1. The number of imidazole rings is 1. The number of aromatic amines is 1. The number of likely N-dealkylation sites (N-methyl/N-ethyl adjacent to an activating group) is 1. The Labute approximate surface area is 146 Å². The van der Waals surface area contributed by atoms with Gasteiger partial charge in [-0.05, 0) is 18.2 Å². The highest BCUT2D eigenvalue weighted by atomic mass is 32.2. The van der Waals surface area contributed by atoms with Crippen LogP contribution in [0.2, 0.25) is 0 Å². The Morgan fingerprint density at radius 2 is 1.88 bits per heavy atom. The number of H-pyrrole nitrogens is 1. The third kappa shape index (κ3) is 3.56. The fourth-order valence-electron chi connectivity index (χ4n) is 2.52. The van der Waals surface area contributed by atoms with Crippen LogP contribution in [0.25, 0.3) is 11.0 Å². The molecule has 7 heteroatoms. The minimum atomic E-state index is -3.27. The zero-order valence-corrected chi connectivity index (χ0v) is 14.9. The van der Waals surface area contributed by atoms with Crippen LogP contribution in [0.4, 0.5) is 5.95 Å². The van der Waals surface area contributed by atoms with Crippen LogP contribution in [-0.2, 0) is 9.84 Å². The molecular weight excluding hydrogens is 338 g/mol. The fourth-order valence-corrected chi connectivity index (χ4v) is 3.43. The first kappa shape index (κ1) is 17.2. The van der Waals surface area contributed by atoms with E-state index >= 15 is 0 Å². The zero-order valence-electron chi connectivity index (χ0n) is 14.1. The molecule has 1 aromatic heterocycles. The lowest BCUT2D eigenvalue weighted by molar-refractivity contribution is 0.1000. The van der Waals surface area contributed by atoms with E-state index in [0.717, 1.165) is 0 Å². The summed E-state index contributed by atoms with van der Waals surface area (Å²) in [6, 6.07) is 13.9. The molecule has 0 fully saturated rings. The number of fused-ring (bicyclic) bond motifs is 1. The normalized spacial score (nSPS) is 11.6. The van der Waals surface area contributed by atoms with Crippen LogP contribution in [-0.4, -0.2) is 43.5 Å². The van der Waals surface area contributed by atoms with Crippen molar-refractivity contribution in [2.45, 2.75) is 11.8 Å². The second-order valence-corrected chi connectivity index (χ2v) is 8.07. The number of Topliss-reactive ketones (excluding diaryl/α,β-unsaturated/α-hetero) is 1. The van der Waals surface area contributed by atoms with Crippen molar-refractivity contribution in [1.29, 1.82) is 0 Å². The van der Waals surface area contributed by atoms with Crippen LogP contribution in [0.5, 0.6) is 0 Å². The second-order valence-electron chi connectivity index (χ2n) is 5.79. The molecule has 3 aromatic rings. The number of sulfone groups is 1. The highest BCUT2D eigenvalue weighted by molar-refractivity contribution is 7.91. The zero-order chi connectivity index (χ0) is 18.0. The summed E-state index contributed by atoms with van der Waals surface area (Å²) in [5.74, 6) is 0.550. The Morgan fingerprint density at radius 3 is 2.56 bits per heavy atom. The Hall–Kier alpha value is -2.67. The van der Waals surface area contributed by atoms with Gasteiger partial charge in [-0.3, -0.25) is 4.79 Å². The van der Waals surface area contributed by atoms with E-state index in [0.29, 0.717) is 22.5 Å². The van der Waals surface area contributed by atoms with Crippen LogP contribution in [0, 0.1) is 0 Å². The Morgan fingerprint density at radius 1 is 1.16 bits per heavy atom. The maximum atomic E-state index is 12.3. The van der Waals surface area contributed by atoms with Gasteiger partial charge in [-0.2, -0.15) is 0 Å². The maximum Gasteiger partial charge on any atom is 0.203 e. The maximum absolute atomic E-state index is 12.3. The van der Waals surface area contributed by atoms with E-state index in [-0.39, 0.29) is 23.0 Å². The molecule has 0 bridgehead atoms. The summed E-state index contributed by atoms with van der Waals surface area (Å²) in [6.45, 7) is 1.78. The lowest BCUT2D eigenvalue weighted by Crippen LogP contribution is -2.26. The summed E-state index contributed by atoms with van der Waals surface area (Å²) in [7, 11) is -1.51. The van der Waals surface area contributed by atoms with E-state index in [1.165, 1.54) is 0 Å². The van der Waals surface area contributed by atoms with E-state index in [4.69, 9.17) is 0 Å². The van der Waals surface area contributed by atoms with Crippen molar-refractivity contribution in [3.8, 4) is 0 Å². The quantitative estimate of drug-likeness (QED) is 0.686. The molecule has 0 spiro atoms. The van der Waals surface area contributed by atoms with Crippen molar-refractivity contribution in [3.63, 3.8) is 0 Å². The largest absolute Gasteiger partial charge is 0.338 e. The van der Waals surface area contributed by atoms with Gasteiger partial charge < -0.3 is 9.88 Å². The first-order valence-corrected chi connectivity index (χ1v) is 9.58. The minimum absolute atomic E-state index is 0.0159. The topological polar surface area (TPSA) is 83.1 Å². The summed E-state index contributed by atoms with van der Waals surface area (Å²) in [5.41, 5.74) is 1.93. The predicted molar refractivity (Wildman–Crippen MR) is 97.9 cm³/mol. The lowest BCUT2D eigenvalue weighted by atomic mass is 10.1. The Kier molecular flexibility index (Phi) is 4.59. The summed E-state index contributed by atoms with van der Waals surface area (Å²) in [4.78, 5) is 21.8. The first-order valence-electron chi connectivity index (χ1n) is 7.92. The average Bonchev–Trinajstić information content (AvgIpc) is 3.05. The number of carbonyl (C=O) groups excluding carboxylic acids is 1. The van der Waals surface area contributed by atoms with Gasteiger partial charge in [0.1, 0.15) is 0 Å². The molecule has 0 aliphatic rings. The van der Waals surface area contributed by atoms with Gasteiger partial charge in [-0.15, -0.1) is 0 Å². The molecule has 6 nitrogen and oxygen atoms in total. The molecule has 0 atom stereocenters. The number of carbonyl (C=O) groups is 1. The molecule has 0 saturated heterocycles. The average molecular weight is 357 g/mol. The van der Waals surface area contributed by atoms with Crippen LogP contribution in [0.15, 0.2) is 53.4 Å². The molecule has 130 valence electrons. The van der Waals surface area contributed by atoms with Gasteiger partial charge in [0.2, 0.25) is 5.95 Å². The molecule has 1 heterocycles. The number of ketones is 1. The van der Waals surface area contributed by atoms with Crippen molar-refractivity contribution in [3.05, 3.63) is 54.1 Å². The van der Waals surface area contributed by atoms with E-state index in [1.807, 2.05) is 18.2 Å². The smallest absolute Gasteiger partial charge is 0.203 e. The van der Waals surface area contributed by atoms with Gasteiger partial charge in [0.15, 0.2) is 15.6 Å². The van der Waals surface area contributed by atoms with E-state index in [2.05, 4.69) is 9.97 Å². The molecule has 2 aromatic carbocycles. The summed E-state index contributed by atoms with van der Waals surface area (Å²) in [5, 5.41) is 0. The third-order valence-electron chi connectivity index (χ3n) is 4.02. The van der Waals surface area contributed by atoms with Gasteiger partial charge in [0, 0.05) is 12.6 Å². The minimum Gasteiger partial charge on any atom is -0.338 e. The predicted octanol–water partition coefficient (Wildman–Crippen LogP) is 2.68. The van der Waals surface area contributed by atoms with E-state index in [9.17, 15) is 13.2 Å². The van der Waals surface area contributed by atoms with Crippen molar-refractivity contribution in [2.75, 3.05) is 24.2 Å². The molecule has 25 heavy (non-hydrogen) atoms. The molecular formula is C18H19N3O3S. The highest BCUT2D eigenvalue weighted by Gasteiger charge is 2.16. The van der Waals surface area contributed by atoms with Crippen LogP contribution in [0.3, 0.4) is 0 Å². The number of anilines is 1. The number of hydrogen-bond donors (Lipinski definition) is 1. The van der Waals surface area contributed by atoms with Crippen molar-refractivity contribution < 1.29 is 13.2 Å². The summed E-state index contributed by atoms with van der Waals surface area (Å²) in [6.07, 6.45) is 0. The number of aromatic nitrogens is 2. The Bertz CT molecular complexity index is 1010. The third-order valence-corrected chi connectivity index (χ3v) is 5.75. The van der Waals surface area contributed by atoms with Crippen molar-refractivity contribution in [2.24, 2.45) is 0 Å². The first-order chi connectivity index (χ1) is 11.9. The molecule has 1 N–H and O–H groups in total. The fraction of sp³-hybridized carbons (Fsp3) is 0.222. The summed E-state index contributed by atoms with van der Waals surface area (Å²) < 4.78 is 24.0. The van der Waals surface area contributed by atoms with Crippen LogP contribution < -0.4 is 4.90 Å². The van der Waals surface area contributed by atoms with E-state index in [1.54, 1.807) is 49.2 Å². The van der Waals surface area contributed by atoms with E-state index < -0.39 is 9.84 Å². The van der Waals surface area contributed by atoms with Gasteiger partial charge in [-0.1, -0.05) is 37.3 Å². The molecule has 3 rings (SSSR count). The van der Waals surface area contributed by atoms with Gasteiger partial charge >= 0.3 is 0 Å². The van der Waals surface area contributed by atoms with Crippen molar-refractivity contribution in [1.82, 2.24) is 9.97 Å². The highest BCUT2D eigenvalue weighted by Crippen LogP contribution is 2.21. The standard InChI is InChI=1S/C18H19N3O3S/c1-3-25(23,24)14-9-10-15-16(11-14)20-18(19-15)21(2)12-17(22)13-7-5-4-6-8-13/h4-11H,3,12H2,1-2H3,(H,19,20).